The van der Waals surface area contributed by atoms with E-state index < -0.39 is 0 Å². The molecule has 2 nitrogen and oxygen atoms in total. The van der Waals surface area contributed by atoms with Crippen LogP contribution in [0, 0.1) is 25.7 Å². The van der Waals surface area contributed by atoms with Gasteiger partial charge in [0.1, 0.15) is 0 Å². The summed E-state index contributed by atoms with van der Waals surface area (Å²) < 4.78 is 0. The molecule has 3 heteroatoms. The van der Waals surface area contributed by atoms with E-state index in [0.29, 0.717) is 11.8 Å². The van der Waals surface area contributed by atoms with Gasteiger partial charge in [-0.05, 0) is 32.1 Å². The van der Waals surface area contributed by atoms with Crippen molar-refractivity contribution < 1.29 is 5.11 Å². The molecule has 0 saturated carbocycles. The van der Waals surface area contributed by atoms with E-state index in [9.17, 15) is 5.11 Å². The molecule has 0 bridgehead atoms. The van der Waals surface area contributed by atoms with Gasteiger partial charge in [0.05, 0.1) is 10.7 Å². The zero-order valence-corrected chi connectivity index (χ0v) is 10.9. The largest absolute Gasteiger partial charge is 0.396 e. The fourth-order valence-corrected chi connectivity index (χ4v) is 2.81. The first-order valence-electron chi connectivity index (χ1n) is 5.56. The summed E-state index contributed by atoms with van der Waals surface area (Å²) in [5, 5.41) is 10.5. The highest BCUT2D eigenvalue weighted by Crippen LogP contribution is 2.22. The van der Waals surface area contributed by atoms with Crippen LogP contribution in [0.25, 0.3) is 0 Å². The molecule has 0 amide bonds. The lowest BCUT2D eigenvalue weighted by molar-refractivity contribution is 0.205. The lowest BCUT2D eigenvalue weighted by atomic mass is 9.95. The molecule has 86 valence electrons. The highest BCUT2D eigenvalue weighted by Gasteiger charge is 2.13. The molecule has 1 heterocycles. The van der Waals surface area contributed by atoms with Gasteiger partial charge in [-0.25, -0.2) is 4.98 Å². The number of nitrogens with zero attached hydrogens (tertiary/aromatic N) is 1. The number of hydrogen-bond donors (Lipinski definition) is 1. The highest BCUT2D eigenvalue weighted by molar-refractivity contribution is 7.11. The normalized spacial score (nSPS) is 13.5. The Kier molecular flexibility index (Phi) is 4.74. The third-order valence-corrected chi connectivity index (χ3v) is 3.69. The Morgan fingerprint density at radius 3 is 2.40 bits per heavy atom. The SMILES string of the molecule is Cc1nc(CC(CO)CC(C)C)sc1C. The Balaban J connectivity index is 2.58. The van der Waals surface area contributed by atoms with Crippen LogP contribution in [0.4, 0.5) is 0 Å². The van der Waals surface area contributed by atoms with Crippen LogP contribution in [0.5, 0.6) is 0 Å². The van der Waals surface area contributed by atoms with Crippen LogP contribution < -0.4 is 0 Å². The summed E-state index contributed by atoms with van der Waals surface area (Å²) in [5.41, 5.74) is 1.14. The average Bonchev–Trinajstić information content (AvgIpc) is 2.44. The van der Waals surface area contributed by atoms with Crippen LogP contribution >= 0.6 is 11.3 Å². The molecule has 1 atom stereocenters. The number of aryl methyl sites for hydroxylation is 2. The standard InChI is InChI=1S/C12H21NOS/c1-8(2)5-11(7-14)6-12-13-9(3)10(4)15-12/h8,11,14H,5-7H2,1-4H3. The van der Waals surface area contributed by atoms with Crippen LogP contribution in [-0.2, 0) is 6.42 Å². The van der Waals surface area contributed by atoms with Gasteiger partial charge in [0.15, 0.2) is 0 Å². The van der Waals surface area contributed by atoms with E-state index in [-0.39, 0.29) is 6.61 Å². The Labute approximate surface area is 96.4 Å². The van der Waals surface area contributed by atoms with Gasteiger partial charge in [0, 0.05) is 17.9 Å². The fraction of sp³-hybridized carbons (Fsp3) is 0.750. The minimum Gasteiger partial charge on any atom is -0.396 e. The number of aromatic nitrogens is 1. The lowest BCUT2D eigenvalue weighted by Gasteiger charge is -2.14. The Hall–Kier alpha value is -0.410. The summed E-state index contributed by atoms with van der Waals surface area (Å²) >= 11 is 1.76. The predicted octanol–water partition coefficient (Wildman–Crippen LogP) is 2.96. The number of hydrogen-bond acceptors (Lipinski definition) is 3. The second-order valence-electron chi connectivity index (χ2n) is 4.63. The van der Waals surface area contributed by atoms with E-state index in [2.05, 4.69) is 25.8 Å². The molecule has 0 aromatic carbocycles. The van der Waals surface area contributed by atoms with Gasteiger partial charge in [0.2, 0.25) is 0 Å². The molecule has 0 saturated heterocycles. The van der Waals surface area contributed by atoms with Crippen molar-refractivity contribution in [1.82, 2.24) is 4.98 Å². The summed E-state index contributed by atoms with van der Waals surface area (Å²) in [4.78, 5) is 5.81. The molecular weight excluding hydrogens is 206 g/mol. The van der Waals surface area contributed by atoms with E-state index in [4.69, 9.17) is 0 Å². The molecule has 0 radical (unpaired) electrons. The molecule has 0 spiro atoms. The number of aliphatic hydroxyl groups excluding tert-OH is 1. The van der Waals surface area contributed by atoms with Crippen molar-refractivity contribution >= 4 is 11.3 Å². The van der Waals surface area contributed by atoms with E-state index in [0.717, 1.165) is 18.5 Å². The topological polar surface area (TPSA) is 33.1 Å². The maximum atomic E-state index is 9.29. The van der Waals surface area contributed by atoms with Crippen molar-refractivity contribution in [3.8, 4) is 0 Å². The van der Waals surface area contributed by atoms with Gasteiger partial charge in [0.25, 0.3) is 0 Å². The van der Waals surface area contributed by atoms with Crippen LogP contribution in [0.1, 0.15) is 35.8 Å². The van der Waals surface area contributed by atoms with E-state index >= 15 is 0 Å². The summed E-state index contributed by atoms with van der Waals surface area (Å²) in [6.45, 7) is 8.82. The van der Waals surface area contributed by atoms with E-state index in [1.807, 2.05) is 6.92 Å². The Morgan fingerprint density at radius 2 is 2.00 bits per heavy atom. The van der Waals surface area contributed by atoms with Gasteiger partial charge in [-0.15, -0.1) is 11.3 Å². The van der Waals surface area contributed by atoms with Crippen molar-refractivity contribution in [2.75, 3.05) is 6.61 Å². The van der Waals surface area contributed by atoms with Gasteiger partial charge in [-0.1, -0.05) is 13.8 Å². The minimum atomic E-state index is 0.274. The molecule has 0 aliphatic rings. The van der Waals surface area contributed by atoms with Crippen molar-refractivity contribution in [3.05, 3.63) is 15.6 Å². The third-order valence-electron chi connectivity index (χ3n) is 2.60. The first-order chi connectivity index (χ1) is 7.02. The Bertz CT molecular complexity index is 287. The first-order valence-corrected chi connectivity index (χ1v) is 6.38. The van der Waals surface area contributed by atoms with Crippen molar-refractivity contribution in [2.45, 2.75) is 40.5 Å². The van der Waals surface area contributed by atoms with Crippen molar-refractivity contribution in [2.24, 2.45) is 11.8 Å². The van der Waals surface area contributed by atoms with Crippen LogP contribution in [-0.4, -0.2) is 16.7 Å². The summed E-state index contributed by atoms with van der Waals surface area (Å²) in [5.74, 6) is 1.01. The molecular formula is C12H21NOS. The number of aliphatic hydroxyl groups is 1. The average molecular weight is 227 g/mol. The molecule has 0 aliphatic heterocycles. The van der Waals surface area contributed by atoms with Crippen LogP contribution in [0.15, 0.2) is 0 Å². The minimum absolute atomic E-state index is 0.274. The predicted molar refractivity (Wildman–Crippen MR) is 65.3 cm³/mol. The molecule has 1 unspecified atom stereocenters. The third kappa shape index (κ3) is 3.92. The van der Waals surface area contributed by atoms with E-state index in [1.54, 1.807) is 11.3 Å². The maximum Gasteiger partial charge on any atom is 0.0934 e. The summed E-state index contributed by atoms with van der Waals surface area (Å²) in [7, 11) is 0. The molecule has 1 rings (SSSR count). The summed E-state index contributed by atoms with van der Waals surface area (Å²) in [6, 6.07) is 0. The molecule has 1 aromatic heterocycles. The number of thiazole rings is 1. The monoisotopic (exact) mass is 227 g/mol. The second-order valence-corrected chi connectivity index (χ2v) is 5.92. The van der Waals surface area contributed by atoms with Crippen LogP contribution in [0.3, 0.4) is 0 Å². The lowest BCUT2D eigenvalue weighted by Crippen LogP contribution is -2.12. The highest BCUT2D eigenvalue weighted by atomic mass is 32.1. The molecule has 0 fully saturated rings. The van der Waals surface area contributed by atoms with Crippen LogP contribution in [0.2, 0.25) is 0 Å². The Morgan fingerprint density at radius 1 is 1.33 bits per heavy atom. The second kappa shape index (κ2) is 5.61. The van der Waals surface area contributed by atoms with Gasteiger partial charge < -0.3 is 5.11 Å². The van der Waals surface area contributed by atoms with Crippen molar-refractivity contribution in [3.63, 3.8) is 0 Å². The molecule has 1 aromatic rings. The van der Waals surface area contributed by atoms with E-state index in [1.165, 1.54) is 9.88 Å². The molecule has 15 heavy (non-hydrogen) atoms. The quantitative estimate of drug-likeness (QED) is 0.839. The zero-order chi connectivity index (χ0) is 11.4. The van der Waals surface area contributed by atoms with Crippen molar-refractivity contribution in [1.29, 1.82) is 0 Å². The maximum absolute atomic E-state index is 9.29. The molecule has 0 aliphatic carbocycles. The molecule has 1 N–H and O–H groups in total. The smallest absolute Gasteiger partial charge is 0.0934 e. The van der Waals surface area contributed by atoms with Gasteiger partial charge in [-0.3, -0.25) is 0 Å². The fourth-order valence-electron chi connectivity index (χ4n) is 1.76. The van der Waals surface area contributed by atoms with Gasteiger partial charge in [-0.2, -0.15) is 0 Å². The zero-order valence-electron chi connectivity index (χ0n) is 10.1. The first kappa shape index (κ1) is 12.7. The van der Waals surface area contributed by atoms with Gasteiger partial charge >= 0.3 is 0 Å². The summed E-state index contributed by atoms with van der Waals surface area (Å²) in [6.07, 6.45) is 2.00. The number of rotatable bonds is 5.